The Morgan fingerprint density at radius 2 is 2.38 bits per heavy atom. The van der Waals surface area contributed by atoms with E-state index in [4.69, 9.17) is 20.1 Å². The van der Waals surface area contributed by atoms with Gasteiger partial charge in [-0.3, -0.25) is 0 Å². The van der Waals surface area contributed by atoms with Crippen LogP contribution < -0.4 is 5.73 Å². The molecule has 0 aromatic carbocycles. The Labute approximate surface area is 92.8 Å². The van der Waals surface area contributed by atoms with E-state index in [1.54, 1.807) is 0 Å². The summed E-state index contributed by atoms with van der Waals surface area (Å²) in [6, 6.07) is -0.583. The summed E-state index contributed by atoms with van der Waals surface area (Å²) >= 11 is 0. The van der Waals surface area contributed by atoms with E-state index in [0.29, 0.717) is 17.8 Å². The van der Waals surface area contributed by atoms with E-state index >= 15 is 0 Å². The predicted octanol–water partition coefficient (Wildman–Crippen LogP) is 0.0966. The average Bonchev–Trinajstić information content (AvgIpc) is 3.02. The highest BCUT2D eigenvalue weighted by molar-refractivity contribution is 5.07. The maximum absolute atomic E-state index is 8.89. The number of nitrogens with two attached hydrogens (primary N) is 1. The van der Waals surface area contributed by atoms with Crippen LogP contribution in [-0.2, 0) is 4.74 Å². The van der Waals surface area contributed by atoms with Crippen molar-refractivity contribution in [2.24, 2.45) is 5.73 Å². The lowest BCUT2D eigenvalue weighted by Gasteiger charge is -2.13. The number of nitrogens with zero attached hydrogens (tertiary/aromatic N) is 2. The van der Waals surface area contributed by atoms with Crippen LogP contribution in [0.2, 0.25) is 0 Å². The third-order valence-electron chi connectivity index (χ3n) is 3.41. The third-order valence-corrected chi connectivity index (χ3v) is 3.41. The minimum Gasteiger partial charge on any atom is -0.394 e. The summed E-state index contributed by atoms with van der Waals surface area (Å²) < 4.78 is 10.8. The summed E-state index contributed by atoms with van der Waals surface area (Å²) in [6.07, 6.45) is 3.79. The Hall–Kier alpha value is -0.980. The molecule has 88 valence electrons. The zero-order valence-electron chi connectivity index (χ0n) is 8.87. The van der Waals surface area contributed by atoms with Gasteiger partial charge in [-0.15, -0.1) is 0 Å². The van der Waals surface area contributed by atoms with Gasteiger partial charge in [0, 0.05) is 0 Å². The van der Waals surface area contributed by atoms with Crippen LogP contribution in [0.25, 0.3) is 0 Å². The molecule has 1 aromatic rings. The number of rotatable bonds is 3. The normalized spacial score (nSPS) is 34.5. The fourth-order valence-corrected chi connectivity index (χ4v) is 2.54. The van der Waals surface area contributed by atoms with E-state index in [-0.39, 0.29) is 18.6 Å². The summed E-state index contributed by atoms with van der Waals surface area (Å²) in [5.74, 6) is 1.22. The van der Waals surface area contributed by atoms with Gasteiger partial charge in [-0.25, -0.2) is 0 Å². The molecule has 3 N–H and O–H groups in total. The second-order valence-electron chi connectivity index (χ2n) is 4.50. The zero-order valence-corrected chi connectivity index (χ0v) is 8.87. The second-order valence-corrected chi connectivity index (χ2v) is 4.50. The molecule has 3 heterocycles. The van der Waals surface area contributed by atoms with Crippen LogP contribution in [0, 0.1) is 0 Å². The lowest BCUT2D eigenvalue weighted by atomic mass is 9.89. The minimum atomic E-state index is -0.583. The van der Waals surface area contributed by atoms with Gasteiger partial charge in [-0.2, -0.15) is 4.98 Å². The van der Waals surface area contributed by atoms with Gasteiger partial charge in [0.1, 0.15) is 6.04 Å². The van der Waals surface area contributed by atoms with Crippen LogP contribution in [0.5, 0.6) is 0 Å². The molecule has 3 rings (SSSR count). The first-order chi connectivity index (χ1) is 7.78. The van der Waals surface area contributed by atoms with E-state index in [0.717, 1.165) is 19.3 Å². The van der Waals surface area contributed by atoms with Gasteiger partial charge in [0.2, 0.25) is 5.89 Å². The van der Waals surface area contributed by atoms with Gasteiger partial charge in [0.25, 0.3) is 0 Å². The van der Waals surface area contributed by atoms with Crippen molar-refractivity contribution in [1.82, 2.24) is 10.1 Å². The molecule has 2 saturated heterocycles. The van der Waals surface area contributed by atoms with E-state index in [1.165, 1.54) is 0 Å². The summed E-state index contributed by atoms with van der Waals surface area (Å²) in [5, 5.41) is 12.8. The molecule has 0 aliphatic carbocycles. The van der Waals surface area contributed by atoms with E-state index in [9.17, 15) is 0 Å². The van der Waals surface area contributed by atoms with Crippen molar-refractivity contribution in [3.8, 4) is 0 Å². The quantitative estimate of drug-likeness (QED) is 0.757. The number of hydrogen-bond donors (Lipinski definition) is 2. The van der Waals surface area contributed by atoms with Crippen LogP contribution in [0.4, 0.5) is 0 Å². The minimum absolute atomic E-state index is 0.186. The maximum atomic E-state index is 8.89. The fourth-order valence-electron chi connectivity index (χ4n) is 2.54. The topological polar surface area (TPSA) is 94.4 Å². The van der Waals surface area contributed by atoms with Gasteiger partial charge in [0.15, 0.2) is 5.82 Å². The number of ether oxygens (including phenoxy) is 1. The SMILES string of the molecule is N[C@@H](CO)c1nc(C2CC3CCC2O3)no1. The highest BCUT2D eigenvalue weighted by Gasteiger charge is 2.43. The molecule has 2 fully saturated rings. The summed E-state index contributed by atoms with van der Waals surface area (Å²) in [7, 11) is 0. The lowest BCUT2D eigenvalue weighted by Crippen LogP contribution is -2.17. The van der Waals surface area contributed by atoms with Crippen molar-refractivity contribution in [3.05, 3.63) is 11.7 Å². The second kappa shape index (κ2) is 3.80. The Bertz CT molecular complexity index is 381. The molecule has 0 saturated carbocycles. The molecule has 0 amide bonds. The van der Waals surface area contributed by atoms with Crippen LogP contribution in [0.3, 0.4) is 0 Å². The average molecular weight is 225 g/mol. The Balaban J connectivity index is 1.77. The standard InChI is InChI=1S/C10H15N3O3/c11-7(4-14)10-12-9(13-16-10)6-3-5-1-2-8(6)15-5/h5-8,14H,1-4,11H2/t5?,6?,7-,8?/m0/s1. The molecule has 6 heteroatoms. The number of aliphatic hydroxyl groups is 1. The predicted molar refractivity (Wildman–Crippen MR) is 53.6 cm³/mol. The zero-order chi connectivity index (χ0) is 11.1. The van der Waals surface area contributed by atoms with Gasteiger partial charge >= 0.3 is 0 Å². The summed E-state index contributed by atoms with van der Waals surface area (Å²) in [5.41, 5.74) is 5.60. The third kappa shape index (κ3) is 1.53. The molecule has 1 aromatic heterocycles. The smallest absolute Gasteiger partial charge is 0.245 e. The summed E-state index contributed by atoms with van der Waals surface area (Å²) in [4.78, 5) is 4.24. The molecule has 0 radical (unpaired) electrons. The molecular weight excluding hydrogens is 210 g/mol. The molecule has 2 aliphatic heterocycles. The van der Waals surface area contributed by atoms with Crippen molar-refractivity contribution in [2.45, 2.75) is 43.4 Å². The molecule has 2 bridgehead atoms. The highest BCUT2D eigenvalue weighted by Crippen LogP contribution is 2.43. The molecule has 2 aliphatic rings. The Morgan fingerprint density at radius 3 is 3.00 bits per heavy atom. The molecule has 0 spiro atoms. The van der Waals surface area contributed by atoms with Crippen molar-refractivity contribution in [3.63, 3.8) is 0 Å². The number of aromatic nitrogens is 2. The molecule has 16 heavy (non-hydrogen) atoms. The van der Waals surface area contributed by atoms with Crippen molar-refractivity contribution in [1.29, 1.82) is 0 Å². The van der Waals surface area contributed by atoms with Crippen molar-refractivity contribution >= 4 is 0 Å². The largest absolute Gasteiger partial charge is 0.394 e. The molecule has 4 atom stereocenters. The first-order valence-corrected chi connectivity index (χ1v) is 5.63. The van der Waals surface area contributed by atoms with Crippen LogP contribution in [0.1, 0.15) is 42.9 Å². The Morgan fingerprint density at radius 1 is 1.50 bits per heavy atom. The van der Waals surface area contributed by atoms with Gasteiger partial charge in [-0.1, -0.05) is 5.16 Å². The van der Waals surface area contributed by atoms with Gasteiger partial charge in [0.05, 0.1) is 24.7 Å². The molecule has 6 nitrogen and oxygen atoms in total. The van der Waals surface area contributed by atoms with Crippen LogP contribution >= 0.6 is 0 Å². The first-order valence-electron chi connectivity index (χ1n) is 5.63. The van der Waals surface area contributed by atoms with E-state index in [1.807, 2.05) is 0 Å². The Kier molecular flexibility index (Phi) is 2.42. The first kappa shape index (κ1) is 10.2. The van der Waals surface area contributed by atoms with E-state index in [2.05, 4.69) is 10.1 Å². The fraction of sp³-hybridized carbons (Fsp3) is 0.800. The van der Waals surface area contributed by atoms with Crippen molar-refractivity contribution < 1.29 is 14.4 Å². The lowest BCUT2D eigenvalue weighted by molar-refractivity contribution is 0.0996. The van der Waals surface area contributed by atoms with Gasteiger partial charge < -0.3 is 20.1 Å². The maximum Gasteiger partial charge on any atom is 0.245 e. The van der Waals surface area contributed by atoms with Crippen LogP contribution in [0.15, 0.2) is 4.52 Å². The number of fused-ring (bicyclic) bond motifs is 2. The highest BCUT2D eigenvalue weighted by atomic mass is 16.5. The summed E-state index contributed by atoms with van der Waals surface area (Å²) in [6.45, 7) is -0.186. The van der Waals surface area contributed by atoms with E-state index < -0.39 is 6.04 Å². The number of hydrogen-bond acceptors (Lipinski definition) is 6. The number of aliphatic hydroxyl groups excluding tert-OH is 1. The molecular formula is C10H15N3O3. The monoisotopic (exact) mass is 225 g/mol. The van der Waals surface area contributed by atoms with Crippen molar-refractivity contribution in [2.75, 3.05) is 6.61 Å². The van der Waals surface area contributed by atoms with Gasteiger partial charge in [-0.05, 0) is 19.3 Å². The van der Waals surface area contributed by atoms with Crippen LogP contribution in [-0.4, -0.2) is 34.1 Å². The molecule has 3 unspecified atom stereocenters.